The SMILES string of the molecule is COc1ccc(C=NNc2nc3ccccc3s2)cc1[N+](=O)[O-]. The summed E-state index contributed by atoms with van der Waals surface area (Å²) in [4.78, 5) is 14.9. The molecule has 116 valence electrons. The van der Waals surface area contributed by atoms with Gasteiger partial charge in [0.25, 0.3) is 0 Å². The van der Waals surface area contributed by atoms with E-state index in [0.717, 1.165) is 10.2 Å². The molecule has 0 amide bonds. The van der Waals surface area contributed by atoms with Gasteiger partial charge in [0.05, 0.1) is 28.5 Å². The number of hydrazone groups is 1. The smallest absolute Gasteiger partial charge is 0.311 e. The van der Waals surface area contributed by atoms with Crippen molar-refractivity contribution in [2.75, 3.05) is 12.5 Å². The molecule has 0 aliphatic carbocycles. The van der Waals surface area contributed by atoms with Crippen LogP contribution in [0.3, 0.4) is 0 Å². The van der Waals surface area contributed by atoms with Crippen LogP contribution in [0.4, 0.5) is 10.8 Å². The Hall–Kier alpha value is -3.00. The molecule has 3 aromatic rings. The zero-order chi connectivity index (χ0) is 16.2. The Bertz CT molecular complexity index is 858. The van der Waals surface area contributed by atoms with Crippen molar-refractivity contribution in [2.45, 2.75) is 0 Å². The predicted octanol–water partition coefficient (Wildman–Crippen LogP) is 3.66. The van der Waals surface area contributed by atoms with Crippen molar-refractivity contribution in [3.05, 3.63) is 58.1 Å². The number of benzene rings is 2. The highest BCUT2D eigenvalue weighted by atomic mass is 32.1. The summed E-state index contributed by atoms with van der Waals surface area (Å²) in [6, 6.07) is 12.4. The summed E-state index contributed by atoms with van der Waals surface area (Å²) < 4.78 is 6.02. The molecular weight excluding hydrogens is 316 g/mol. The van der Waals surface area contributed by atoms with Crippen LogP contribution in [0.15, 0.2) is 47.6 Å². The Morgan fingerprint density at radius 2 is 2.17 bits per heavy atom. The molecule has 0 saturated heterocycles. The minimum atomic E-state index is -0.489. The van der Waals surface area contributed by atoms with E-state index in [1.165, 1.54) is 36.8 Å². The van der Waals surface area contributed by atoms with Crippen molar-refractivity contribution in [3.63, 3.8) is 0 Å². The molecule has 0 radical (unpaired) electrons. The lowest BCUT2D eigenvalue weighted by molar-refractivity contribution is -0.385. The highest BCUT2D eigenvalue weighted by Gasteiger charge is 2.14. The van der Waals surface area contributed by atoms with Crippen LogP contribution in [0.1, 0.15) is 5.56 Å². The van der Waals surface area contributed by atoms with Crippen LogP contribution in [0.5, 0.6) is 5.75 Å². The van der Waals surface area contributed by atoms with Gasteiger partial charge in [0.2, 0.25) is 5.13 Å². The molecule has 1 aromatic heterocycles. The quantitative estimate of drug-likeness (QED) is 0.438. The van der Waals surface area contributed by atoms with Gasteiger partial charge in [-0.25, -0.2) is 4.98 Å². The minimum Gasteiger partial charge on any atom is -0.490 e. The van der Waals surface area contributed by atoms with Crippen LogP contribution >= 0.6 is 11.3 Å². The van der Waals surface area contributed by atoms with Gasteiger partial charge in [-0.05, 0) is 24.3 Å². The molecule has 0 bridgehead atoms. The lowest BCUT2D eigenvalue weighted by atomic mass is 10.2. The second-order valence-electron chi connectivity index (χ2n) is 4.55. The number of rotatable bonds is 5. The van der Waals surface area contributed by atoms with E-state index in [2.05, 4.69) is 15.5 Å². The number of ether oxygens (including phenoxy) is 1. The van der Waals surface area contributed by atoms with E-state index in [0.29, 0.717) is 10.7 Å². The number of nitrogens with zero attached hydrogens (tertiary/aromatic N) is 3. The number of para-hydroxylation sites is 1. The summed E-state index contributed by atoms with van der Waals surface area (Å²) in [7, 11) is 1.39. The number of aromatic nitrogens is 1. The Kier molecular flexibility index (Phi) is 4.15. The number of hydrogen-bond donors (Lipinski definition) is 1. The molecule has 8 heteroatoms. The molecule has 0 aliphatic rings. The Balaban J connectivity index is 1.77. The minimum absolute atomic E-state index is 0.101. The second-order valence-corrected chi connectivity index (χ2v) is 5.58. The maximum atomic E-state index is 11.0. The molecule has 3 rings (SSSR count). The number of nitrogens with one attached hydrogen (secondary N) is 1. The van der Waals surface area contributed by atoms with Crippen LogP contribution in [0.25, 0.3) is 10.2 Å². The topological polar surface area (TPSA) is 89.7 Å². The number of hydrogen-bond acceptors (Lipinski definition) is 7. The first-order chi connectivity index (χ1) is 11.2. The first-order valence-corrected chi connectivity index (χ1v) is 7.46. The zero-order valence-electron chi connectivity index (χ0n) is 12.1. The molecule has 0 spiro atoms. The highest BCUT2D eigenvalue weighted by Crippen LogP contribution is 2.27. The molecule has 0 aliphatic heterocycles. The average Bonchev–Trinajstić information content (AvgIpc) is 2.97. The van der Waals surface area contributed by atoms with E-state index in [1.807, 2.05) is 24.3 Å². The Morgan fingerprint density at radius 1 is 1.35 bits per heavy atom. The van der Waals surface area contributed by atoms with Crippen LogP contribution in [0.2, 0.25) is 0 Å². The number of methoxy groups -OCH3 is 1. The van der Waals surface area contributed by atoms with E-state index >= 15 is 0 Å². The van der Waals surface area contributed by atoms with Crippen molar-refractivity contribution < 1.29 is 9.66 Å². The molecule has 2 aromatic carbocycles. The summed E-state index contributed by atoms with van der Waals surface area (Å²) in [5.74, 6) is 0.214. The zero-order valence-corrected chi connectivity index (χ0v) is 12.9. The lowest BCUT2D eigenvalue weighted by Gasteiger charge is -2.01. The lowest BCUT2D eigenvalue weighted by Crippen LogP contribution is -1.96. The Morgan fingerprint density at radius 3 is 2.91 bits per heavy atom. The summed E-state index contributed by atoms with van der Waals surface area (Å²) in [5, 5.41) is 15.7. The number of nitro benzene ring substituents is 1. The molecule has 0 atom stereocenters. The third kappa shape index (κ3) is 3.27. The van der Waals surface area contributed by atoms with E-state index in [4.69, 9.17) is 4.74 Å². The summed E-state index contributed by atoms with van der Waals surface area (Å²) >= 11 is 1.48. The standard InChI is InChI=1S/C15H12N4O3S/c1-22-13-7-6-10(8-12(13)19(20)21)9-16-18-15-17-11-4-2-3-5-14(11)23-15/h2-9H,1H3,(H,17,18). The molecule has 1 heterocycles. The fourth-order valence-electron chi connectivity index (χ4n) is 2.01. The normalized spacial score (nSPS) is 11.0. The van der Waals surface area contributed by atoms with Gasteiger partial charge >= 0.3 is 5.69 Å². The van der Waals surface area contributed by atoms with E-state index in [9.17, 15) is 10.1 Å². The van der Waals surface area contributed by atoms with Gasteiger partial charge in [-0.2, -0.15) is 5.10 Å². The van der Waals surface area contributed by atoms with Crippen LogP contribution < -0.4 is 10.2 Å². The maximum absolute atomic E-state index is 11.0. The van der Waals surface area contributed by atoms with Crippen LogP contribution in [-0.2, 0) is 0 Å². The summed E-state index contributed by atoms with van der Waals surface area (Å²) in [6.45, 7) is 0. The third-order valence-corrected chi connectivity index (χ3v) is 4.01. The fourth-order valence-corrected chi connectivity index (χ4v) is 2.83. The van der Waals surface area contributed by atoms with Gasteiger partial charge in [0.15, 0.2) is 5.75 Å². The molecule has 23 heavy (non-hydrogen) atoms. The summed E-state index contributed by atoms with van der Waals surface area (Å²) in [6.07, 6.45) is 1.50. The molecule has 0 fully saturated rings. The first kappa shape index (κ1) is 14.9. The van der Waals surface area contributed by atoms with Gasteiger partial charge in [-0.3, -0.25) is 15.5 Å². The van der Waals surface area contributed by atoms with Crippen molar-refractivity contribution in [3.8, 4) is 5.75 Å². The molecular formula is C15H12N4O3S. The van der Waals surface area contributed by atoms with Crippen molar-refractivity contribution >= 4 is 38.6 Å². The summed E-state index contributed by atoms with van der Waals surface area (Å²) in [5.41, 5.74) is 4.22. The van der Waals surface area contributed by atoms with Crippen molar-refractivity contribution in [2.24, 2.45) is 5.10 Å². The number of anilines is 1. The predicted molar refractivity (Wildman–Crippen MR) is 90.5 cm³/mol. The van der Waals surface area contributed by atoms with Crippen molar-refractivity contribution in [1.82, 2.24) is 4.98 Å². The van der Waals surface area contributed by atoms with Gasteiger partial charge in [0, 0.05) is 11.6 Å². The number of thiazole rings is 1. The molecule has 0 saturated carbocycles. The Labute approximate surface area is 135 Å². The van der Waals surface area contributed by atoms with Gasteiger partial charge in [-0.15, -0.1) is 0 Å². The van der Waals surface area contributed by atoms with E-state index < -0.39 is 4.92 Å². The maximum Gasteiger partial charge on any atom is 0.311 e. The van der Waals surface area contributed by atoms with E-state index in [1.54, 1.807) is 6.07 Å². The number of nitro groups is 1. The second kappa shape index (κ2) is 6.41. The fraction of sp³-hybridized carbons (Fsp3) is 0.0667. The molecule has 0 unspecified atom stereocenters. The monoisotopic (exact) mass is 328 g/mol. The van der Waals surface area contributed by atoms with Crippen LogP contribution in [0, 0.1) is 10.1 Å². The number of fused-ring (bicyclic) bond motifs is 1. The van der Waals surface area contributed by atoms with Gasteiger partial charge in [0.1, 0.15) is 0 Å². The first-order valence-electron chi connectivity index (χ1n) is 6.64. The van der Waals surface area contributed by atoms with Crippen molar-refractivity contribution in [1.29, 1.82) is 0 Å². The van der Waals surface area contributed by atoms with Crippen LogP contribution in [-0.4, -0.2) is 23.2 Å². The molecule has 1 N–H and O–H groups in total. The van der Waals surface area contributed by atoms with Gasteiger partial charge < -0.3 is 4.74 Å². The highest BCUT2D eigenvalue weighted by molar-refractivity contribution is 7.22. The average molecular weight is 328 g/mol. The van der Waals surface area contributed by atoms with E-state index in [-0.39, 0.29) is 11.4 Å². The third-order valence-electron chi connectivity index (χ3n) is 3.07. The molecule has 7 nitrogen and oxygen atoms in total. The van der Waals surface area contributed by atoms with Gasteiger partial charge in [-0.1, -0.05) is 23.5 Å². The largest absolute Gasteiger partial charge is 0.490 e.